The van der Waals surface area contributed by atoms with Crippen LogP contribution in [-0.2, 0) is 19.1 Å². The van der Waals surface area contributed by atoms with Gasteiger partial charge in [0, 0.05) is 19.4 Å². The van der Waals surface area contributed by atoms with E-state index in [0.717, 1.165) is 12.8 Å². The van der Waals surface area contributed by atoms with Gasteiger partial charge in [-0.1, -0.05) is 39.3 Å². The molecule has 8 heteroatoms. The van der Waals surface area contributed by atoms with E-state index in [9.17, 15) is 19.8 Å². The van der Waals surface area contributed by atoms with Gasteiger partial charge in [-0.05, 0) is 62.7 Å². The van der Waals surface area contributed by atoms with Crippen LogP contribution in [0.5, 0.6) is 0 Å². The molecule has 5 N–H and O–H groups in total. The van der Waals surface area contributed by atoms with E-state index in [1.165, 1.54) is 11.8 Å². The summed E-state index contributed by atoms with van der Waals surface area (Å²) in [6.45, 7) is 14.5. The van der Waals surface area contributed by atoms with E-state index in [1.54, 1.807) is 33.9 Å². The summed E-state index contributed by atoms with van der Waals surface area (Å²) in [6, 6.07) is 0. The number of aliphatic hydroxyl groups excluding tert-OH is 2. The molecule has 0 aromatic heterocycles. The molecule has 1 fully saturated rings. The van der Waals surface area contributed by atoms with Crippen LogP contribution in [0.4, 0.5) is 0 Å². The molecule has 0 saturated heterocycles. The predicted octanol–water partition coefficient (Wildman–Crippen LogP) is 3.71. The average Bonchev–Trinajstić information content (AvgIpc) is 3.60. The number of Topliss-reactive ketones (excluding diaryl/α,β-unsaturated/α-hetero) is 1. The second-order valence-electron chi connectivity index (χ2n) is 11.4. The number of hydrogen-bond acceptors (Lipinski definition) is 8. The van der Waals surface area contributed by atoms with E-state index in [4.69, 9.17) is 15.2 Å². The Balaban J connectivity index is 2.34. The molecule has 0 bridgehead atoms. The molecule has 0 spiro atoms. The number of hydrogen-bond donors (Lipinski definition) is 4. The van der Waals surface area contributed by atoms with Crippen LogP contribution in [0, 0.1) is 29.1 Å². The number of nitrogens with two attached hydrogens (primary N) is 1. The lowest BCUT2D eigenvalue weighted by atomic mass is 9.72. The Morgan fingerprint density at radius 1 is 1.27 bits per heavy atom. The number of aliphatic hydroxyl groups is 2. The zero-order valence-corrected chi connectivity index (χ0v) is 23.4. The van der Waals surface area contributed by atoms with Gasteiger partial charge in [0.1, 0.15) is 18.1 Å². The SMILES string of the molecule is C=C(NC)O/C=C(N)/C=C(\C)[C@@H]1C/C=C(/C)CC2CC2[C@H](C)[C@H](O)[C@@H](C)C(=O)C(C)(C)[C@@H](O)CC(=O)O1. The maximum absolute atomic E-state index is 13.3. The molecule has 7 atom stereocenters. The summed E-state index contributed by atoms with van der Waals surface area (Å²) in [4.78, 5) is 26.2. The summed E-state index contributed by atoms with van der Waals surface area (Å²) in [5.74, 6) is -0.432. The molecule has 0 aromatic carbocycles. The number of nitrogens with one attached hydrogen (secondary N) is 1. The molecule has 0 aromatic rings. The lowest BCUT2D eigenvalue weighted by molar-refractivity contribution is -0.154. The topological polar surface area (TPSA) is 131 Å². The summed E-state index contributed by atoms with van der Waals surface area (Å²) >= 11 is 0. The first-order chi connectivity index (χ1) is 17.2. The van der Waals surface area contributed by atoms with Gasteiger partial charge in [-0.2, -0.15) is 0 Å². The predicted molar refractivity (Wildman–Crippen MR) is 144 cm³/mol. The van der Waals surface area contributed by atoms with Crippen molar-refractivity contribution in [2.75, 3.05) is 7.05 Å². The summed E-state index contributed by atoms with van der Waals surface area (Å²) in [5.41, 5.74) is 7.05. The molecule has 0 radical (unpaired) electrons. The first kappa shape index (κ1) is 30.6. The van der Waals surface area contributed by atoms with Crippen LogP contribution >= 0.6 is 0 Å². The minimum atomic E-state index is -1.26. The molecule has 1 saturated carbocycles. The van der Waals surface area contributed by atoms with Gasteiger partial charge < -0.3 is 30.7 Å². The quantitative estimate of drug-likeness (QED) is 0.188. The molecule has 208 valence electrons. The lowest BCUT2D eigenvalue weighted by Crippen LogP contribution is -2.46. The van der Waals surface area contributed by atoms with E-state index >= 15 is 0 Å². The van der Waals surface area contributed by atoms with E-state index in [-0.39, 0.29) is 18.1 Å². The Bertz CT molecular complexity index is 950. The van der Waals surface area contributed by atoms with Crippen molar-refractivity contribution in [1.29, 1.82) is 0 Å². The van der Waals surface area contributed by atoms with Gasteiger partial charge in [0.05, 0.1) is 29.7 Å². The maximum Gasteiger partial charge on any atom is 0.309 e. The van der Waals surface area contributed by atoms with Crippen LogP contribution in [0.1, 0.15) is 67.2 Å². The fourth-order valence-corrected chi connectivity index (χ4v) is 5.10. The van der Waals surface area contributed by atoms with Gasteiger partial charge in [-0.25, -0.2) is 0 Å². The summed E-state index contributed by atoms with van der Waals surface area (Å²) < 4.78 is 11.1. The Hall–Kier alpha value is -2.58. The van der Waals surface area contributed by atoms with Crippen LogP contribution in [-0.4, -0.2) is 47.3 Å². The Labute approximate surface area is 221 Å². The van der Waals surface area contributed by atoms with Crippen molar-refractivity contribution in [2.24, 2.45) is 34.8 Å². The first-order valence-electron chi connectivity index (χ1n) is 13.1. The standard InChI is InChI=1S/C29H46N2O6/c1-16-9-10-24(17(2)12-22(30)15-36-20(5)31-8)37-26(33)14-25(32)29(6,7)28(35)19(4)27(34)18(3)23-13-21(23)11-16/h9,12,15,18-19,21,23-25,27,31-32,34H,5,10-11,13-14,30H2,1-4,6-8H3/b16-9-,17-12+,22-15-/t18-,19+,21?,23?,24-,25-,27-/m0/s1. The van der Waals surface area contributed by atoms with Gasteiger partial charge in [-0.3, -0.25) is 9.59 Å². The van der Waals surface area contributed by atoms with Gasteiger partial charge in [0.2, 0.25) is 0 Å². The van der Waals surface area contributed by atoms with Crippen LogP contribution in [0.15, 0.2) is 47.7 Å². The molecule has 1 aliphatic heterocycles. The van der Waals surface area contributed by atoms with Crippen LogP contribution < -0.4 is 11.1 Å². The molecule has 2 aliphatic rings. The third-order valence-electron chi connectivity index (χ3n) is 8.00. The highest BCUT2D eigenvalue weighted by atomic mass is 16.5. The van der Waals surface area contributed by atoms with E-state index in [2.05, 4.69) is 24.9 Å². The van der Waals surface area contributed by atoms with E-state index in [0.29, 0.717) is 35.4 Å². The maximum atomic E-state index is 13.3. The fraction of sp³-hybridized carbons (Fsp3) is 0.655. The highest BCUT2D eigenvalue weighted by molar-refractivity contribution is 5.88. The molecule has 37 heavy (non-hydrogen) atoms. The van der Waals surface area contributed by atoms with E-state index in [1.807, 2.05) is 13.8 Å². The number of fused-ring (bicyclic) bond motifs is 1. The minimum absolute atomic E-state index is 0.0311. The number of carbonyl (C=O) groups is 2. The average molecular weight is 519 g/mol. The monoisotopic (exact) mass is 518 g/mol. The molecule has 8 nitrogen and oxygen atoms in total. The Morgan fingerprint density at radius 2 is 1.92 bits per heavy atom. The number of allylic oxidation sites excluding steroid dienone is 2. The third kappa shape index (κ3) is 8.20. The molecule has 2 unspecified atom stereocenters. The number of cyclic esters (lactones) is 1. The summed E-state index contributed by atoms with van der Waals surface area (Å²) in [6.07, 6.45) is 4.44. The molecular formula is C29H46N2O6. The first-order valence-corrected chi connectivity index (χ1v) is 13.1. The summed E-state index contributed by atoms with van der Waals surface area (Å²) in [7, 11) is 1.68. The number of esters is 1. The Kier molecular flexibility index (Phi) is 10.6. The molecule has 0 amide bonds. The zero-order chi connectivity index (χ0) is 28.1. The number of rotatable bonds is 5. The number of carbonyl (C=O) groups excluding carboxylic acids is 2. The largest absolute Gasteiger partial charge is 0.457 e. The van der Waals surface area contributed by atoms with Gasteiger partial charge in [0.15, 0.2) is 5.88 Å². The minimum Gasteiger partial charge on any atom is -0.457 e. The van der Waals surface area contributed by atoms with Crippen molar-refractivity contribution in [3.63, 3.8) is 0 Å². The van der Waals surface area contributed by atoms with Gasteiger partial charge in [-0.15, -0.1) is 0 Å². The number of ether oxygens (including phenoxy) is 2. The third-order valence-corrected chi connectivity index (χ3v) is 8.00. The van der Waals surface area contributed by atoms with Crippen molar-refractivity contribution in [1.82, 2.24) is 5.32 Å². The lowest BCUT2D eigenvalue weighted by Gasteiger charge is -2.34. The van der Waals surface area contributed by atoms with Crippen molar-refractivity contribution < 1.29 is 29.3 Å². The highest BCUT2D eigenvalue weighted by Gasteiger charge is 2.47. The summed E-state index contributed by atoms with van der Waals surface area (Å²) in [5, 5.41) is 24.6. The number of ketones is 1. The van der Waals surface area contributed by atoms with Crippen molar-refractivity contribution in [3.05, 3.63) is 47.7 Å². The van der Waals surface area contributed by atoms with Crippen molar-refractivity contribution in [2.45, 2.75) is 85.5 Å². The second-order valence-corrected chi connectivity index (χ2v) is 11.4. The van der Waals surface area contributed by atoms with Gasteiger partial charge >= 0.3 is 5.97 Å². The molecule has 2 rings (SSSR count). The highest BCUT2D eigenvalue weighted by Crippen LogP contribution is 2.50. The smallest absolute Gasteiger partial charge is 0.309 e. The van der Waals surface area contributed by atoms with Crippen molar-refractivity contribution >= 4 is 11.8 Å². The zero-order valence-electron chi connectivity index (χ0n) is 23.4. The van der Waals surface area contributed by atoms with Crippen LogP contribution in [0.25, 0.3) is 0 Å². The molecule has 1 aliphatic carbocycles. The van der Waals surface area contributed by atoms with Crippen LogP contribution in [0.2, 0.25) is 0 Å². The molecule has 1 heterocycles. The van der Waals surface area contributed by atoms with Crippen LogP contribution in [0.3, 0.4) is 0 Å². The second kappa shape index (κ2) is 12.8. The molecular weight excluding hydrogens is 472 g/mol. The normalized spacial score (nSPS) is 35.5. The van der Waals surface area contributed by atoms with Crippen molar-refractivity contribution in [3.8, 4) is 0 Å². The van der Waals surface area contributed by atoms with Gasteiger partial charge in [0.25, 0.3) is 0 Å². The van der Waals surface area contributed by atoms with E-state index < -0.39 is 35.6 Å². The fourth-order valence-electron chi connectivity index (χ4n) is 5.10. The Morgan fingerprint density at radius 3 is 2.54 bits per heavy atom.